The fourth-order valence-corrected chi connectivity index (χ4v) is 2.80. The molecule has 1 fully saturated rings. The van der Waals surface area contributed by atoms with Gasteiger partial charge in [-0.1, -0.05) is 24.6 Å². The summed E-state index contributed by atoms with van der Waals surface area (Å²) in [5.41, 5.74) is 6.62. The van der Waals surface area contributed by atoms with Gasteiger partial charge in [-0.05, 0) is 56.9 Å². The molecule has 5 heteroatoms. The Balaban J connectivity index is 1.71. The highest BCUT2D eigenvalue weighted by Crippen LogP contribution is 2.22. The molecular weight excluding hydrogens is 286 g/mol. The highest BCUT2D eigenvalue weighted by molar-refractivity contribution is 6.33. The first-order chi connectivity index (χ1) is 10.1. The minimum atomic E-state index is -0.151. The average Bonchev–Trinajstić information content (AvgIpc) is 2.48. The third-order valence-electron chi connectivity index (χ3n) is 4.11. The number of carbonyl (C=O) groups excluding carboxylic acids is 1. The number of likely N-dealkylation sites (tertiary alicyclic amines) is 1. The highest BCUT2D eigenvalue weighted by atomic mass is 35.5. The van der Waals surface area contributed by atoms with Crippen LogP contribution < -0.4 is 11.1 Å². The van der Waals surface area contributed by atoms with Crippen molar-refractivity contribution < 1.29 is 4.79 Å². The number of hydrogen-bond acceptors (Lipinski definition) is 3. The SMILES string of the molecule is CC1CCN(CCCNC(=O)c2cccc(Cl)c2N)CC1. The summed E-state index contributed by atoms with van der Waals surface area (Å²) in [6.07, 6.45) is 3.53. The standard InChI is InChI=1S/C16H24ClN3O/c1-12-6-10-20(11-7-12)9-3-8-19-16(21)13-4-2-5-14(17)15(13)18/h2,4-5,12H,3,6-11,18H2,1H3,(H,19,21). The summed E-state index contributed by atoms with van der Waals surface area (Å²) in [5.74, 6) is 0.703. The van der Waals surface area contributed by atoms with E-state index in [1.807, 2.05) is 0 Å². The van der Waals surface area contributed by atoms with Gasteiger partial charge in [-0.25, -0.2) is 0 Å². The zero-order valence-electron chi connectivity index (χ0n) is 12.6. The molecule has 4 nitrogen and oxygen atoms in total. The largest absolute Gasteiger partial charge is 0.397 e. The second-order valence-corrected chi connectivity index (χ2v) is 6.24. The molecule has 0 aromatic heterocycles. The van der Waals surface area contributed by atoms with Gasteiger partial charge in [0.25, 0.3) is 5.91 Å². The van der Waals surface area contributed by atoms with E-state index in [0.29, 0.717) is 22.8 Å². The number of halogens is 1. The van der Waals surface area contributed by atoms with E-state index < -0.39 is 0 Å². The van der Waals surface area contributed by atoms with Crippen LogP contribution in [0.2, 0.25) is 5.02 Å². The first-order valence-electron chi connectivity index (χ1n) is 7.62. The minimum absolute atomic E-state index is 0.151. The van der Waals surface area contributed by atoms with Crippen molar-refractivity contribution in [1.29, 1.82) is 0 Å². The number of piperidine rings is 1. The molecule has 1 aromatic rings. The molecule has 2 rings (SSSR count). The summed E-state index contributed by atoms with van der Waals surface area (Å²) in [5, 5.41) is 3.33. The number of benzene rings is 1. The third kappa shape index (κ3) is 4.61. The van der Waals surface area contributed by atoms with Crippen molar-refractivity contribution >= 4 is 23.2 Å². The van der Waals surface area contributed by atoms with Gasteiger partial charge >= 0.3 is 0 Å². The van der Waals surface area contributed by atoms with Crippen LogP contribution in [0.25, 0.3) is 0 Å². The van der Waals surface area contributed by atoms with Crippen molar-refractivity contribution in [3.63, 3.8) is 0 Å². The first-order valence-corrected chi connectivity index (χ1v) is 8.00. The lowest BCUT2D eigenvalue weighted by Gasteiger charge is -2.30. The zero-order chi connectivity index (χ0) is 15.2. The Bertz CT molecular complexity index is 484. The number of nitrogens with two attached hydrogens (primary N) is 1. The van der Waals surface area contributed by atoms with Gasteiger partial charge in [0, 0.05) is 6.54 Å². The number of nitrogen functional groups attached to an aromatic ring is 1. The van der Waals surface area contributed by atoms with Crippen LogP contribution in [0.15, 0.2) is 18.2 Å². The van der Waals surface area contributed by atoms with Crippen LogP contribution >= 0.6 is 11.6 Å². The van der Waals surface area contributed by atoms with Crippen molar-refractivity contribution in [1.82, 2.24) is 10.2 Å². The van der Waals surface area contributed by atoms with E-state index in [2.05, 4.69) is 17.1 Å². The van der Waals surface area contributed by atoms with E-state index in [0.717, 1.165) is 18.9 Å². The molecule has 1 amide bonds. The molecule has 1 saturated heterocycles. The van der Waals surface area contributed by atoms with E-state index in [1.54, 1.807) is 18.2 Å². The molecule has 0 aliphatic carbocycles. The van der Waals surface area contributed by atoms with Crippen molar-refractivity contribution in [2.75, 3.05) is 31.9 Å². The van der Waals surface area contributed by atoms with E-state index in [1.165, 1.54) is 25.9 Å². The van der Waals surface area contributed by atoms with Gasteiger partial charge in [-0.15, -0.1) is 0 Å². The molecule has 1 aliphatic rings. The summed E-state index contributed by atoms with van der Waals surface area (Å²) in [4.78, 5) is 14.5. The Morgan fingerprint density at radius 2 is 2.14 bits per heavy atom. The number of hydrogen-bond donors (Lipinski definition) is 2. The molecule has 0 radical (unpaired) electrons. The van der Waals surface area contributed by atoms with E-state index in [-0.39, 0.29) is 5.91 Å². The van der Waals surface area contributed by atoms with Gasteiger partial charge in [0.1, 0.15) is 0 Å². The summed E-state index contributed by atoms with van der Waals surface area (Å²) < 4.78 is 0. The van der Waals surface area contributed by atoms with Crippen LogP contribution in [-0.2, 0) is 0 Å². The number of nitrogens with one attached hydrogen (secondary N) is 1. The van der Waals surface area contributed by atoms with E-state index in [9.17, 15) is 4.79 Å². The monoisotopic (exact) mass is 309 g/mol. The lowest BCUT2D eigenvalue weighted by molar-refractivity contribution is 0.0951. The topological polar surface area (TPSA) is 58.4 Å². The summed E-state index contributed by atoms with van der Waals surface area (Å²) in [6, 6.07) is 5.12. The molecule has 0 unspecified atom stereocenters. The molecule has 0 spiro atoms. The third-order valence-corrected chi connectivity index (χ3v) is 4.44. The van der Waals surface area contributed by atoms with E-state index in [4.69, 9.17) is 17.3 Å². The Kier molecular flexibility index (Phi) is 5.88. The van der Waals surface area contributed by atoms with Crippen LogP contribution in [0.4, 0.5) is 5.69 Å². The fourth-order valence-electron chi connectivity index (χ4n) is 2.62. The Morgan fingerprint density at radius 3 is 2.86 bits per heavy atom. The number of anilines is 1. The molecule has 0 bridgehead atoms. The van der Waals surface area contributed by atoms with Gasteiger partial charge in [-0.2, -0.15) is 0 Å². The normalized spacial score (nSPS) is 16.9. The minimum Gasteiger partial charge on any atom is -0.397 e. The second-order valence-electron chi connectivity index (χ2n) is 5.83. The van der Waals surface area contributed by atoms with E-state index >= 15 is 0 Å². The van der Waals surface area contributed by atoms with Gasteiger partial charge in [0.15, 0.2) is 0 Å². The molecule has 1 aromatic carbocycles. The van der Waals surface area contributed by atoms with Gasteiger partial charge in [0.2, 0.25) is 0 Å². The summed E-state index contributed by atoms with van der Waals surface area (Å²) in [7, 11) is 0. The smallest absolute Gasteiger partial charge is 0.253 e. The lowest BCUT2D eigenvalue weighted by atomic mass is 9.99. The van der Waals surface area contributed by atoms with Crippen LogP contribution in [0.5, 0.6) is 0 Å². The number of amides is 1. The summed E-state index contributed by atoms with van der Waals surface area (Å²) in [6.45, 7) is 6.37. The Hall–Kier alpha value is -1.26. The molecule has 1 heterocycles. The average molecular weight is 310 g/mol. The number of rotatable bonds is 5. The molecule has 21 heavy (non-hydrogen) atoms. The van der Waals surface area contributed by atoms with Gasteiger partial charge in [-0.3, -0.25) is 4.79 Å². The molecule has 0 saturated carbocycles. The predicted octanol–water partition coefficient (Wildman–Crippen LogP) is 2.77. The van der Waals surface area contributed by atoms with Crippen molar-refractivity contribution in [2.24, 2.45) is 5.92 Å². The summed E-state index contributed by atoms with van der Waals surface area (Å²) >= 11 is 5.92. The molecule has 0 atom stereocenters. The molecular formula is C16H24ClN3O. The van der Waals surface area contributed by atoms with Gasteiger partial charge in [0.05, 0.1) is 16.3 Å². The first kappa shape index (κ1) is 16.1. The van der Waals surface area contributed by atoms with Gasteiger partial charge < -0.3 is 16.0 Å². The zero-order valence-corrected chi connectivity index (χ0v) is 13.3. The molecule has 116 valence electrons. The Labute approximate surface area is 131 Å². The quantitative estimate of drug-likeness (QED) is 0.649. The maximum atomic E-state index is 12.0. The lowest BCUT2D eigenvalue weighted by Crippen LogP contribution is -2.35. The fraction of sp³-hybridized carbons (Fsp3) is 0.562. The number of para-hydroxylation sites is 1. The van der Waals surface area contributed by atoms with Crippen molar-refractivity contribution in [3.8, 4) is 0 Å². The molecule has 3 N–H and O–H groups in total. The number of nitrogens with zero attached hydrogens (tertiary/aromatic N) is 1. The van der Waals surface area contributed by atoms with Crippen molar-refractivity contribution in [2.45, 2.75) is 26.2 Å². The van der Waals surface area contributed by atoms with Crippen molar-refractivity contribution in [3.05, 3.63) is 28.8 Å². The van der Waals surface area contributed by atoms with Crippen LogP contribution in [0, 0.1) is 5.92 Å². The predicted molar refractivity (Wildman–Crippen MR) is 87.7 cm³/mol. The highest BCUT2D eigenvalue weighted by Gasteiger charge is 2.15. The maximum Gasteiger partial charge on any atom is 0.253 e. The number of carbonyl (C=O) groups is 1. The molecule has 1 aliphatic heterocycles. The maximum absolute atomic E-state index is 12.0. The Morgan fingerprint density at radius 1 is 1.43 bits per heavy atom. The second kappa shape index (κ2) is 7.66. The van der Waals surface area contributed by atoms with Crippen LogP contribution in [0.1, 0.15) is 36.5 Å². The van der Waals surface area contributed by atoms with Crippen LogP contribution in [0.3, 0.4) is 0 Å². The van der Waals surface area contributed by atoms with Crippen LogP contribution in [-0.4, -0.2) is 37.0 Å².